The Morgan fingerprint density at radius 1 is 1.35 bits per heavy atom. The van der Waals surface area contributed by atoms with Gasteiger partial charge in [0, 0.05) is 26.2 Å². The fourth-order valence-corrected chi connectivity index (χ4v) is 2.43. The van der Waals surface area contributed by atoms with E-state index < -0.39 is 0 Å². The van der Waals surface area contributed by atoms with Gasteiger partial charge in [0.25, 0.3) is 0 Å². The van der Waals surface area contributed by atoms with Crippen LogP contribution in [0.4, 0.5) is 0 Å². The van der Waals surface area contributed by atoms with Crippen molar-refractivity contribution in [2.24, 2.45) is 5.73 Å². The SMILES string of the molecule is CCC1CN(CCCOc2ccc(CN)cc2)CCO1. The average Bonchev–Trinajstić information content (AvgIpc) is 2.52. The first-order chi connectivity index (χ1) is 9.81. The van der Waals surface area contributed by atoms with Crippen molar-refractivity contribution in [2.75, 3.05) is 32.8 Å². The van der Waals surface area contributed by atoms with Crippen LogP contribution >= 0.6 is 0 Å². The molecule has 0 radical (unpaired) electrons. The highest BCUT2D eigenvalue weighted by Crippen LogP contribution is 2.13. The van der Waals surface area contributed by atoms with Crippen molar-refractivity contribution in [2.45, 2.75) is 32.4 Å². The number of benzene rings is 1. The van der Waals surface area contributed by atoms with Gasteiger partial charge in [0.2, 0.25) is 0 Å². The topological polar surface area (TPSA) is 47.7 Å². The molecule has 0 spiro atoms. The Bertz CT molecular complexity index is 381. The van der Waals surface area contributed by atoms with Gasteiger partial charge in [-0.1, -0.05) is 19.1 Å². The van der Waals surface area contributed by atoms with Crippen molar-refractivity contribution >= 4 is 0 Å². The molecule has 2 rings (SSSR count). The maximum absolute atomic E-state index is 5.75. The van der Waals surface area contributed by atoms with E-state index >= 15 is 0 Å². The highest BCUT2D eigenvalue weighted by atomic mass is 16.5. The number of hydrogen-bond donors (Lipinski definition) is 1. The first-order valence-corrected chi connectivity index (χ1v) is 7.57. The third kappa shape index (κ3) is 4.78. The standard InChI is InChI=1S/C16H26N2O2/c1-2-15-13-18(9-11-20-15)8-3-10-19-16-6-4-14(12-17)5-7-16/h4-7,15H,2-3,8-13,17H2,1H3. The zero-order chi connectivity index (χ0) is 14.2. The largest absolute Gasteiger partial charge is 0.494 e. The molecule has 1 aromatic rings. The number of morpholine rings is 1. The Morgan fingerprint density at radius 2 is 2.15 bits per heavy atom. The molecule has 1 aliphatic heterocycles. The minimum Gasteiger partial charge on any atom is -0.494 e. The van der Waals surface area contributed by atoms with Gasteiger partial charge in [-0.05, 0) is 30.5 Å². The normalized spacial score (nSPS) is 20.0. The van der Waals surface area contributed by atoms with Crippen molar-refractivity contribution in [3.8, 4) is 5.75 Å². The molecule has 4 nitrogen and oxygen atoms in total. The molecule has 0 bridgehead atoms. The lowest BCUT2D eigenvalue weighted by atomic mass is 10.2. The van der Waals surface area contributed by atoms with E-state index in [9.17, 15) is 0 Å². The Labute approximate surface area is 121 Å². The molecule has 20 heavy (non-hydrogen) atoms. The molecule has 1 heterocycles. The lowest BCUT2D eigenvalue weighted by Gasteiger charge is -2.32. The first kappa shape index (κ1) is 15.3. The first-order valence-electron chi connectivity index (χ1n) is 7.57. The van der Waals surface area contributed by atoms with Gasteiger partial charge >= 0.3 is 0 Å². The third-order valence-corrected chi connectivity index (χ3v) is 3.72. The maximum Gasteiger partial charge on any atom is 0.119 e. The van der Waals surface area contributed by atoms with Crippen molar-refractivity contribution in [3.63, 3.8) is 0 Å². The summed E-state index contributed by atoms with van der Waals surface area (Å²) in [5.41, 5.74) is 6.71. The number of ether oxygens (including phenoxy) is 2. The van der Waals surface area contributed by atoms with Crippen LogP contribution in [-0.4, -0.2) is 43.9 Å². The molecule has 1 aliphatic rings. The Hall–Kier alpha value is -1.10. The van der Waals surface area contributed by atoms with E-state index in [-0.39, 0.29) is 0 Å². The van der Waals surface area contributed by atoms with Gasteiger partial charge in [0.05, 0.1) is 19.3 Å². The lowest BCUT2D eigenvalue weighted by Crippen LogP contribution is -2.42. The second kappa shape index (κ2) is 8.25. The van der Waals surface area contributed by atoms with Gasteiger partial charge in [-0.2, -0.15) is 0 Å². The quantitative estimate of drug-likeness (QED) is 0.775. The Kier molecular flexibility index (Phi) is 6.30. The van der Waals surface area contributed by atoms with Crippen LogP contribution in [0.3, 0.4) is 0 Å². The minimum absolute atomic E-state index is 0.411. The van der Waals surface area contributed by atoms with Crippen LogP contribution in [0.2, 0.25) is 0 Å². The molecule has 1 unspecified atom stereocenters. The fourth-order valence-electron chi connectivity index (χ4n) is 2.43. The monoisotopic (exact) mass is 278 g/mol. The Balaban J connectivity index is 1.63. The summed E-state index contributed by atoms with van der Waals surface area (Å²) in [4.78, 5) is 2.47. The van der Waals surface area contributed by atoms with E-state index in [0.29, 0.717) is 12.6 Å². The van der Waals surface area contributed by atoms with Crippen LogP contribution in [0.1, 0.15) is 25.3 Å². The van der Waals surface area contributed by atoms with Crippen molar-refractivity contribution < 1.29 is 9.47 Å². The molecular formula is C16H26N2O2. The summed E-state index contributed by atoms with van der Waals surface area (Å²) in [6.07, 6.45) is 2.56. The van der Waals surface area contributed by atoms with E-state index in [1.807, 2.05) is 24.3 Å². The van der Waals surface area contributed by atoms with Crippen molar-refractivity contribution in [1.29, 1.82) is 0 Å². The molecule has 112 valence electrons. The zero-order valence-electron chi connectivity index (χ0n) is 12.4. The molecule has 2 N–H and O–H groups in total. The minimum atomic E-state index is 0.411. The number of nitrogens with zero attached hydrogens (tertiary/aromatic N) is 1. The summed E-state index contributed by atoms with van der Waals surface area (Å²) in [6.45, 7) is 7.57. The predicted molar refractivity (Wildman–Crippen MR) is 80.9 cm³/mol. The van der Waals surface area contributed by atoms with Crippen LogP contribution in [0, 0.1) is 0 Å². The molecule has 1 fully saturated rings. The van der Waals surface area contributed by atoms with E-state index in [0.717, 1.165) is 57.0 Å². The number of hydrogen-bond acceptors (Lipinski definition) is 4. The molecular weight excluding hydrogens is 252 g/mol. The van der Waals surface area contributed by atoms with Gasteiger partial charge in [0.1, 0.15) is 5.75 Å². The van der Waals surface area contributed by atoms with E-state index in [1.165, 1.54) is 0 Å². The molecule has 1 atom stereocenters. The number of rotatable bonds is 7. The average molecular weight is 278 g/mol. The van der Waals surface area contributed by atoms with Gasteiger partial charge in [0.15, 0.2) is 0 Å². The highest BCUT2D eigenvalue weighted by Gasteiger charge is 2.18. The summed E-state index contributed by atoms with van der Waals surface area (Å²) in [7, 11) is 0. The van der Waals surface area contributed by atoms with Crippen molar-refractivity contribution in [1.82, 2.24) is 4.90 Å². The van der Waals surface area contributed by atoms with Crippen LogP contribution in [0.25, 0.3) is 0 Å². The van der Waals surface area contributed by atoms with E-state index in [1.54, 1.807) is 0 Å². The van der Waals surface area contributed by atoms with Crippen molar-refractivity contribution in [3.05, 3.63) is 29.8 Å². The summed E-state index contributed by atoms with van der Waals surface area (Å²) in [5.74, 6) is 0.926. The maximum atomic E-state index is 5.75. The molecule has 1 aromatic carbocycles. The second-order valence-electron chi connectivity index (χ2n) is 5.25. The van der Waals surface area contributed by atoms with Crippen LogP contribution < -0.4 is 10.5 Å². The smallest absolute Gasteiger partial charge is 0.119 e. The van der Waals surface area contributed by atoms with Gasteiger partial charge in [-0.3, -0.25) is 4.90 Å². The van der Waals surface area contributed by atoms with Gasteiger partial charge in [-0.25, -0.2) is 0 Å². The predicted octanol–water partition coefficient (Wildman–Crippen LogP) is 2.02. The molecule has 0 saturated carbocycles. The highest BCUT2D eigenvalue weighted by molar-refractivity contribution is 5.26. The molecule has 4 heteroatoms. The number of nitrogens with two attached hydrogens (primary N) is 1. The third-order valence-electron chi connectivity index (χ3n) is 3.72. The zero-order valence-corrected chi connectivity index (χ0v) is 12.4. The summed E-state index contributed by atoms with van der Waals surface area (Å²) in [6, 6.07) is 8.01. The summed E-state index contributed by atoms with van der Waals surface area (Å²) in [5, 5.41) is 0. The van der Waals surface area contributed by atoms with E-state index in [4.69, 9.17) is 15.2 Å². The van der Waals surface area contributed by atoms with Gasteiger partial charge in [-0.15, -0.1) is 0 Å². The molecule has 0 amide bonds. The van der Waals surface area contributed by atoms with Crippen LogP contribution in [0.15, 0.2) is 24.3 Å². The Morgan fingerprint density at radius 3 is 2.85 bits per heavy atom. The van der Waals surface area contributed by atoms with Crippen LogP contribution in [-0.2, 0) is 11.3 Å². The fraction of sp³-hybridized carbons (Fsp3) is 0.625. The lowest BCUT2D eigenvalue weighted by molar-refractivity contribution is -0.0306. The molecule has 1 saturated heterocycles. The summed E-state index contributed by atoms with van der Waals surface area (Å²) < 4.78 is 11.4. The second-order valence-corrected chi connectivity index (χ2v) is 5.25. The molecule has 0 aromatic heterocycles. The van der Waals surface area contributed by atoms with Gasteiger partial charge < -0.3 is 15.2 Å². The van der Waals surface area contributed by atoms with E-state index in [2.05, 4.69) is 11.8 Å². The van der Waals surface area contributed by atoms with Crippen LogP contribution in [0.5, 0.6) is 5.75 Å². The summed E-state index contributed by atoms with van der Waals surface area (Å²) >= 11 is 0. The molecule has 0 aliphatic carbocycles.